The standard InChI is InChI=1S/C18H28N4O4S/c23-18(20-5-2-8-21-9-6-19-7-10-21)16-3-1-4-17(15-16)27(24,25)22-11-13-26-14-12-22/h1,3-4,15,19H,2,5-14H2,(H,20,23). The number of morpholine rings is 1. The lowest BCUT2D eigenvalue weighted by Crippen LogP contribution is -2.44. The zero-order valence-corrected chi connectivity index (χ0v) is 16.3. The number of ether oxygens (including phenoxy) is 1. The predicted molar refractivity (Wildman–Crippen MR) is 102 cm³/mol. The number of amides is 1. The van der Waals surface area contributed by atoms with Crippen LogP contribution in [0.1, 0.15) is 16.8 Å². The summed E-state index contributed by atoms with van der Waals surface area (Å²) in [7, 11) is -3.60. The zero-order chi connectivity index (χ0) is 19.1. The Bertz CT molecular complexity index is 729. The Labute approximate surface area is 160 Å². The molecule has 2 aliphatic rings. The van der Waals surface area contributed by atoms with Crippen molar-refractivity contribution in [3.8, 4) is 0 Å². The Kier molecular flexibility index (Phi) is 7.20. The summed E-state index contributed by atoms with van der Waals surface area (Å²) in [6.07, 6.45) is 0.873. The summed E-state index contributed by atoms with van der Waals surface area (Å²) >= 11 is 0. The molecule has 0 spiro atoms. The summed E-state index contributed by atoms with van der Waals surface area (Å²) in [6.45, 7) is 7.09. The molecule has 27 heavy (non-hydrogen) atoms. The van der Waals surface area contributed by atoms with Crippen molar-refractivity contribution in [1.29, 1.82) is 0 Å². The quantitative estimate of drug-likeness (QED) is 0.617. The molecule has 1 aromatic rings. The number of carbonyl (C=O) groups excluding carboxylic acids is 1. The van der Waals surface area contributed by atoms with Crippen LogP contribution in [-0.4, -0.2) is 89.1 Å². The minimum absolute atomic E-state index is 0.151. The number of hydrogen-bond donors (Lipinski definition) is 2. The molecular weight excluding hydrogens is 368 g/mol. The molecule has 150 valence electrons. The fraction of sp³-hybridized carbons (Fsp3) is 0.611. The summed E-state index contributed by atoms with van der Waals surface area (Å²) < 4.78 is 32.1. The molecule has 3 rings (SSSR count). The van der Waals surface area contributed by atoms with Gasteiger partial charge < -0.3 is 20.3 Å². The van der Waals surface area contributed by atoms with Crippen LogP contribution in [0.5, 0.6) is 0 Å². The van der Waals surface area contributed by atoms with Crippen molar-refractivity contribution in [2.75, 3.05) is 65.6 Å². The normalized spacial score (nSPS) is 19.7. The van der Waals surface area contributed by atoms with E-state index in [1.54, 1.807) is 12.1 Å². The van der Waals surface area contributed by atoms with E-state index in [0.29, 0.717) is 38.4 Å². The lowest BCUT2D eigenvalue weighted by Gasteiger charge is -2.27. The van der Waals surface area contributed by atoms with Crippen LogP contribution in [-0.2, 0) is 14.8 Å². The summed E-state index contributed by atoms with van der Waals surface area (Å²) in [5, 5.41) is 6.20. The highest BCUT2D eigenvalue weighted by Crippen LogP contribution is 2.18. The van der Waals surface area contributed by atoms with Crippen molar-refractivity contribution in [2.24, 2.45) is 0 Å². The van der Waals surface area contributed by atoms with Gasteiger partial charge in [0, 0.05) is 51.4 Å². The maximum Gasteiger partial charge on any atom is 0.251 e. The minimum atomic E-state index is -3.60. The van der Waals surface area contributed by atoms with Crippen LogP contribution in [0.15, 0.2) is 29.2 Å². The molecule has 0 radical (unpaired) electrons. The summed E-state index contributed by atoms with van der Waals surface area (Å²) in [6, 6.07) is 6.25. The first kappa shape index (κ1) is 20.2. The summed E-state index contributed by atoms with van der Waals surface area (Å²) in [5.41, 5.74) is 0.367. The van der Waals surface area contributed by atoms with Crippen molar-refractivity contribution in [3.63, 3.8) is 0 Å². The highest BCUT2D eigenvalue weighted by molar-refractivity contribution is 7.89. The van der Waals surface area contributed by atoms with Gasteiger partial charge in [0.1, 0.15) is 0 Å². The van der Waals surface area contributed by atoms with E-state index in [1.165, 1.54) is 16.4 Å². The number of sulfonamides is 1. The van der Waals surface area contributed by atoms with Crippen molar-refractivity contribution in [1.82, 2.24) is 19.8 Å². The van der Waals surface area contributed by atoms with Crippen LogP contribution in [0, 0.1) is 0 Å². The lowest BCUT2D eigenvalue weighted by molar-refractivity contribution is 0.0730. The minimum Gasteiger partial charge on any atom is -0.379 e. The molecule has 1 aromatic carbocycles. The second kappa shape index (κ2) is 9.61. The second-order valence-electron chi connectivity index (χ2n) is 6.75. The van der Waals surface area contributed by atoms with E-state index < -0.39 is 10.0 Å². The monoisotopic (exact) mass is 396 g/mol. The average Bonchev–Trinajstić information content (AvgIpc) is 2.72. The first-order chi connectivity index (χ1) is 13.1. The average molecular weight is 397 g/mol. The van der Waals surface area contributed by atoms with Gasteiger partial charge >= 0.3 is 0 Å². The molecule has 2 saturated heterocycles. The molecule has 2 aliphatic heterocycles. The lowest BCUT2D eigenvalue weighted by atomic mass is 10.2. The van der Waals surface area contributed by atoms with E-state index in [0.717, 1.165) is 39.1 Å². The van der Waals surface area contributed by atoms with Gasteiger partial charge in [-0.05, 0) is 31.2 Å². The van der Waals surface area contributed by atoms with Crippen LogP contribution in [0.4, 0.5) is 0 Å². The van der Waals surface area contributed by atoms with Crippen LogP contribution < -0.4 is 10.6 Å². The maximum absolute atomic E-state index is 12.7. The molecule has 2 N–H and O–H groups in total. The van der Waals surface area contributed by atoms with E-state index in [1.807, 2.05) is 0 Å². The molecule has 0 atom stereocenters. The smallest absolute Gasteiger partial charge is 0.251 e. The molecule has 2 heterocycles. The fourth-order valence-corrected chi connectivity index (χ4v) is 4.73. The van der Waals surface area contributed by atoms with Gasteiger partial charge in [-0.25, -0.2) is 8.42 Å². The van der Waals surface area contributed by atoms with Gasteiger partial charge in [-0.1, -0.05) is 6.07 Å². The molecule has 2 fully saturated rings. The van der Waals surface area contributed by atoms with Gasteiger partial charge in [-0.15, -0.1) is 0 Å². The van der Waals surface area contributed by atoms with Crippen molar-refractivity contribution >= 4 is 15.9 Å². The summed E-state index contributed by atoms with van der Waals surface area (Å²) in [4.78, 5) is 14.9. The zero-order valence-electron chi connectivity index (χ0n) is 15.5. The highest BCUT2D eigenvalue weighted by Gasteiger charge is 2.26. The molecule has 0 saturated carbocycles. The molecule has 0 aromatic heterocycles. The molecular formula is C18H28N4O4S. The highest BCUT2D eigenvalue weighted by atomic mass is 32.2. The van der Waals surface area contributed by atoms with Crippen LogP contribution in [0.2, 0.25) is 0 Å². The number of nitrogens with one attached hydrogen (secondary N) is 2. The number of benzene rings is 1. The molecule has 1 amide bonds. The molecule has 9 heteroatoms. The van der Waals surface area contributed by atoms with E-state index in [-0.39, 0.29) is 10.8 Å². The molecule has 0 aliphatic carbocycles. The molecule has 0 bridgehead atoms. The molecule has 8 nitrogen and oxygen atoms in total. The topological polar surface area (TPSA) is 91.0 Å². The third-order valence-electron chi connectivity index (χ3n) is 4.85. The van der Waals surface area contributed by atoms with Gasteiger partial charge in [-0.3, -0.25) is 4.79 Å². The molecule has 0 unspecified atom stereocenters. The Morgan fingerprint density at radius 3 is 2.63 bits per heavy atom. The van der Waals surface area contributed by atoms with Gasteiger partial charge in [0.25, 0.3) is 5.91 Å². The number of hydrogen-bond acceptors (Lipinski definition) is 6. The van der Waals surface area contributed by atoms with Gasteiger partial charge in [-0.2, -0.15) is 4.31 Å². The van der Waals surface area contributed by atoms with Crippen LogP contribution in [0.25, 0.3) is 0 Å². The van der Waals surface area contributed by atoms with Crippen LogP contribution >= 0.6 is 0 Å². The first-order valence-electron chi connectivity index (χ1n) is 9.46. The first-order valence-corrected chi connectivity index (χ1v) is 10.9. The van der Waals surface area contributed by atoms with E-state index in [4.69, 9.17) is 4.74 Å². The third-order valence-corrected chi connectivity index (χ3v) is 6.74. The Hall–Kier alpha value is -1.52. The number of nitrogens with zero attached hydrogens (tertiary/aromatic N) is 2. The van der Waals surface area contributed by atoms with Crippen molar-refractivity contribution in [3.05, 3.63) is 29.8 Å². The van der Waals surface area contributed by atoms with Crippen LogP contribution in [0.3, 0.4) is 0 Å². The number of rotatable bonds is 7. The van der Waals surface area contributed by atoms with Gasteiger partial charge in [0.05, 0.1) is 18.1 Å². The number of carbonyl (C=O) groups is 1. The van der Waals surface area contributed by atoms with Gasteiger partial charge in [0.2, 0.25) is 10.0 Å². The van der Waals surface area contributed by atoms with Crippen molar-refractivity contribution in [2.45, 2.75) is 11.3 Å². The number of piperazine rings is 1. The third kappa shape index (κ3) is 5.49. The Morgan fingerprint density at radius 1 is 1.15 bits per heavy atom. The Morgan fingerprint density at radius 2 is 1.89 bits per heavy atom. The van der Waals surface area contributed by atoms with Crippen molar-refractivity contribution < 1.29 is 17.9 Å². The van der Waals surface area contributed by atoms with Gasteiger partial charge in [0.15, 0.2) is 0 Å². The largest absolute Gasteiger partial charge is 0.379 e. The predicted octanol–water partition coefficient (Wildman–Crippen LogP) is -0.267. The van der Waals surface area contributed by atoms with E-state index >= 15 is 0 Å². The fourth-order valence-electron chi connectivity index (χ4n) is 3.28. The SMILES string of the molecule is O=C(NCCCN1CCNCC1)c1cccc(S(=O)(=O)N2CCOCC2)c1. The summed E-state index contributed by atoms with van der Waals surface area (Å²) in [5.74, 6) is -0.241. The van der Waals surface area contributed by atoms with E-state index in [2.05, 4.69) is 15.5 Å². The van der Waals surface area contributed by atoms with E-state index in [9.17, 15) is 13.2 Å². The Balaban J connectivity index is 1.53. The maximum atomic E-state index is 12.7. The second-order valence-corrected chi connectivity index (χ2v) is 8.68.